The maximum absolute atomic E-state index is 14.3. The zero-order chi connectivity index (χ0) is 15.7. The second-order valence-electron chi connectivity index (χ2n) is 5.36. The fraction of sp³-hybridized carbons (Fsp3) is 0.158. The van der Waals surface area contributed by atoms with E-state index < -0.39 is 11.6 Å². The van der Waals surface area contributed by atoms with Gasteiger partial charge in [-0.1, -0.05) is 43.7 Å². The third kappa shape index (κ3) is 2.59. The van der Waals surface area contributed by atoms with Crippen LogP contribution in [-0.4, -0.2) is 0 Å². The second-order valence-corrected chi connectivity index (χ2v) is 5.36. The molecule has 0 aromatic heterocycles. The van der Waals surface area contributed by atoms with Crippen molar-refractivity contribution in [3.8, 4) is 11.1 Å². The zero-order valence-corrected chi connectivity index (χ0v) is 12.2. The van der Waals surface area contributed by atoms with E-state index in [9.17, 15) is 13.2 Å². The second kappa shape index (κ2) is 5.84. The van der Waals surface area contributed by atoms with Crippen LogP contribution >= 0.6 is 0 Å². The maximum Gasteiger partial charge on any atom is 0.166 e. The van der Waals surface area contributed by atoms with Crippen LogP contribution < -0.4 is 0 Å². The molecule has 22 heavy (non-hydrogen) atoms. The molecule has 0 fully saturated rings. The van der Waals surface area contributed by atoms with Crippen molar-refractivity contribution >= 4 is 10.8 Å². The molecule has 0 atom stereocenters. The van der Waals surface area contributed by atoms with Gasteiger partial charge in [0.15, 0.2) is 11.6 Å². The largest absolute Gasteiger partial charge is 0.206 e. The summed E-state index contributed by atoms with van der Waals surface area (Å²) in [6.45, 7) is 2.03. The average molecular weight is 300 g/mol. The Morgan fingerprint density at radius 2 is 1.59 bits per heavy atom. The van der Waals surface area contributed by atoms with Gasteiger partial charge in [0.05, 0.1) is 0 Å². The van der Waals surface area contributed by atoms with E-state index in [2.05, 4.69) is 0 Å². The molecule has 0 N–H and O–H groups in total. The molecular weight excluding hydrogens is 285 g/mol. The molecule has 0 heterocycles. The monoisotopic (exact) mass is 300 g/mol. The van der Waals surface area contributed by atoms with E-state index in [4.69, 9.17) is 0 Å². The normalized spacial score (nSPS) is 11.1. The quantitative estimate of drug-likeness (QED) is 0.567. The van der Waals surface area contributed by atoms with Gasteiger partial charge in [-0.15, -0.1) is 0 Å². The van der Waals surface area contributed by atoms with Crippen LogP contribution in [0.25, 0.3) is 21.9 Å². The van der Waals surface area contributed by atoms with E-state index in [0.717, 1.165) is 24.5 Å². The molecular formula is C19H15F3. The molecule has 0 saturated heterocycles. The van der Waals surface area contributed by atoms with E-state index in [-0.39, 0.29) is 11.2 Å². The summed E-state index contributed by atoms with van der Waals surface area (Å²) in [6.07, 6.45) is 1.76. The smallest absolute Gasteiger partial charge is 0.166 e. The van der Waals surface area contributed by atoms with Crippen LogP contribution in [0.15, 0.2) is 48.5 Å². The maximum atomic E-state index is 14.3. The third-order valence-corrected chi connectivity index (χ3v) is 3.79. The summed E-state index contributed by atoms with van der Waals surface area (Å²) in [5, 5.41) is 0.750. The molecule has 0 nitrogen and oxygen atoms in total. The molecule has 0 aliphatic heterocycles. The van der Waals surface area contributed by atoms with Gasteiger partial charge in [-0.05, 0) is 41.1 Å². The van der Waals surface area contributed by atoms with Crippen LogP contribution in [0.1, 0.15) is 18.9 Å². The van der Waals surface area contributed by atoms with Gasteiger partial charge in [0, 0.05) is 10.9 Å². The fourth-order valence-electron chi connectivity index (χ4n) is 2.66. The van der Waals surface area contributed by atoms with Gasteiger partial charge in [-0.25, -0.2) is 13.2 Å². The molecule has 3 heteroatoms. The van der Waals surface area contributed by atoms with Crippen LogP contribution in [0.3, 0.4) is 0 Å². The molecule has 0 aliphatic rings. The van der Waals surface area contributed by atoms with Crippen molar-refractivity contribution in [2.75, 3.05) is 0 Å². The van der Waals surface area contributed by atoms with Crippen LogP contribution in [0, 0.1) is 17.5 Å². The van der Waals surface area contributed by atoms with Crippen molar-refractivity contribution in [1.82, 2.24) is 0 Å². The molecule has 3 rings (SSSR count). The molecule has 3 aromatic rings. The van der Waals surface area contributed by atoms with Crippen molar-refractivity contribution in [2.45, 2.75) is 19.8 Å². The minimum Gasteiger partial charge on any atom is -0.206 e. The highest BCUT2D eigenvalue weighted by atomic mass is 19.2. The highest BCUT2D eigenvalue weighted by Crippen LogP contribution is 2.29. The van der Waals surface area contributed by atoms with Crippen LogP contribution in [0.4, 0.5) is 13.2 Å². The van der Waals surface area contributed by atoms with E-state index in [0.29, 0.717) is 16.5 Å². The van der Waals surface area contributed by atoms with Crippen molar-refractivity contribution < 1.29 is 13.2 Å². The fourth-order valence-corrected chi connectivity index (χ4v) is 2.66. The van der Waals surface area contributed by atoms with Crippen LogP contribution in [0.5, 0.6) is 0 Å². The van der Waals surface area contributed by atoms with Crippen LogP contribution in [-0.2, 0) is 6.42 Å². The Morgan fingerprint density at radius 3 is 2.32 bits per heavy atom. The zero-order valence-electron chi connectivity index (χ0n) is 12.2. The highest BCUT2D eigenvalue weighted by Gasteiger charge is 2.11. The first-order chi connectivity index (χ1) is 10.6. The Labute approximate surface area is 127 Å². The van der Waals surface area contributed by atoms with Gasteiger partial charge in [-0.2, -0.15) is 0 Å². The molecule has 112 valence electrons. The Bertz CT molecular complexity index is 837. The minimum atomic E-state index is -0.901. The van der Waals surface area contributed by atoms with Gasteiger partial charge >= 0.3 is 0 Å². The highest BCUT2D eigenvalue weighted by molar-refractivity contribution is 5.88. The summed E-state index contributed by atoms with van der Waals surface area (Å²) in [5.41, 5.74) is 1.87. The van der Waals surface area contributed by atoms with Crippen LogP contribution in [0.2, 0.25) is 0 Å². The summed E-state index contributed by atoms with van der Waals surface area (Å²) in [6, 6.07) is 12.6. The predicted molar refractivity (Wildman–Crippen MR) is 83.3 cm³/mol. The van der Waals surface area contributed by atoms with E-state index in [1.807, 2.05) is 13.0 Å². The lowest BCUT2D eigenvalue weighted by atomic mass is 9.98. The third-order valence-electron chi connectivity index (χ3n) is 3.79. The number of aryl methyl sites for hydroxylation is 1. The molecule has 0 radical (unpaired) electrons. The minimum absolute atomic E-state index is 0.162. The first-order valence-electron chi connectivity index (χ1n) is 7.26. The van der Waals surface area contributed by atoms with Gasteiger partial charge in [0.1, 0.15) is 5.82 Å². The van der Waals surface area contributed by atoms with Crippen molar-refractivity contribution in [2.24, 2.45) is 0 Å². The standard InChI is InChI=1S/C19H15F3/c1-2-3-12-4-8-15(18(21)10-12)14-6-5-13-7-9-17(20)19(22)16(13)11-14/h4-11H,2-3H2,1H3. The number of hydrogen-bond acceptors (Lipinski definition) is 0. The Morgan fingerprint density at radius 1 is 0.818 bits per heavy atom. The number of halogens is 3. The number of fused-ring (bicyclic) bond motifs is 1. The number of rotatable bonds is 3. The first-order valence-corrected chi connectivity index (χ1v) is 7.26. The summed E-state index contributed by atoms with van der Waals surface area (Å²) in [7, 11) is 0. The lowest BCUT2D eigenvalue weighted by Crippen LogP contribution is -1.91. The molecule has 0 spiro atoms. The van der Waals surface area contributed by atoms with Gasteiger partial charge in [0.25, 0.3) is 0 Å². The summed E-state index contributed by atoms with van der Waals surface area (Å²) in [4.78, 5) is 0. The lowest BCUT2D eigenvalue weighted by molar-refractivity contribution is 0.517. The van der Waals surface area contributed by atoms with Crippen molar-refractivity contribution in [3.05, 3.63) is 71.5 Å². The molecule has 0 aliphatic carbocycles. The van der Waals surface area contributed by atoms with Gasteiger partial charge in [0.2, 0.25) is 0 Å². The lowest BCUT2D eigenvalue weighted by Gasteiger charge is -2.08. The summed E-state index contributed by atoms with van der Waals surface area (Å²) in [5.74, 6) is -2.15. The first kappa shape index (κ1) is 14.6. The molecule has 3 aromatic carbocycles. The molecule has 0 bridgehead atoms. The number of hydrogen-bond donors (Lipinski definition) is 0. The van der Waals surface area contributed by atoms with E-state index in [1.165, 1.54) is 18.2 Å². The average Bonchev–Trinajstić information content (AvgIpc) is 2.51. The van der Waals surface area contributed by atoms with E-state index >= 15 is 0 Å². The predicted octanol–water partition coefficient (Wildman–Crippen LogP) is 5.88. The Hall–Kier alpha value is -2.29. The Kier molecular flexibility index (Phi) is 3.88. The summed E-state index contributed by atoms with van der Waals surface area (Å²) < 4.78 is 41.5. The SMILES string of the molecule is CCCc1ccc(-c2ccc3ccc(F)c(F)c3c2)c(F)c1. The van der Waals surface area contributed by atoms with E-state index in [1.54, 1.807) is 18.2 Å². The van der Waals surface area contributed by atoms with Gasteiger partial charge < -0.3 is 0 Å². The Balaban J connectivity index is 2.12. The summed E-state index contributed by atoms with van der Waals surface area (Å²) >= 11 is 0. The topological polar surface area (TPSA) is 0 Å². The number of benzene rings is 3. The molecule has 0 amide bonds. The van der Waals surface area contributed by atoms with Crippen molar-refractivity contribution in [1.29, 1.82) is 0 Å². The van der Waals surface area contributed by atoms with Crippen molar-refractivity contribution in [3.63, 3.8) is 0 Å². The molecule has 0 saturated carbocycles. The van der Waals surface area contributed by atoms with Gasteiger partial charge in [-0.3, -0.25) is 0 Å². The molecule has 0 unspecified atom stereocenters.